The van der Waals surface area contributed by atoms with Gasteiger partial charge in [0.15, 0.2) is 0 Å². The van der Waals surface area contributed by atoms with Crippen molar-refractivity contribution < 1.29 is 10.0 Å². The number of hydrogen-bond acceptors (Lipinski definition) is 3. The van der Waals surface area contributed by atoms with Gasteiger partial charge in [-0.15, -0.1) is 11.3 Å². The van der Waals surface area contributed by atoms with Crippen LogP contribution in [0.2, 0.25) is 0 Å². The molecule has 0 fully saturated rings. The Kier molecular flexibility index (Phi) is 3.57. The quantitative estimate of drug-likeness (QED) is 0.457. The van der Waals surface area contributed by atoms with Gasteiger partial charge in [0.2, 0.25) is 0 Å². The van der Waals surface area contributed by atoms with Crippen LogP contribution in [0.15, 0.2) is 78.9 Å². The highest BCUT2D eigenvalue weighted by Crippen LogP contribution is 2.37. The summed E-state index contributed by atoms with van der Waals surface area (Å²) in [5.74, 6) is 0. The van der Waals surface area contributed by atoms with Crippen LogP contribution >= 0.6 is 11.3 Å². The molecule has 4 aromatic carbocycles. The molecule has 0 saturated heterocycles. The minimum absolute atomic E-state index is 0.535. The topological polar surface area (TPSA) is 40.5 Å². The molecular formula is C22H15BO2S. The maximum Gasteiger partial charge on any atom is 0.489 e. The summed E-state index contributed by atoms with van der Waals surface area (Å²) in [5, 5.41) is 23.8. The van der Waals surface area contributed by atoms with Crippen molar-refractivity contribution in [3.8, 4) is 11.1 Å². The first-order chi connectivity index (χ1) is 12.7. The maximum absolute atomic E-state index is 9.66. The summed E-state index contributed by atoms with van der Waals surface area (Å²) in [5.41, 5.74) is 2.77. The Bertz CT molecular complexity index is 1270. The van der Waals surface area contributed by atoms with Crippen molar-refractivity contribution in [1.29, 1.82) is 0 Å². The summed E-state index contributed by atoms with van der Waals surface area (Å²) < 4.78 is 2.56. The van der Waals surface area contributed by atoms with E-state index in [0.717, 1.165) is 21.9 Å². The zero-order valence-electron chi connectivity index (χ0n) is 13.9. The van der Waals surface area contributed by atoms with Crippen LogP contribution in [0.4, 0.5) is 0 Å². The number of hydrogen-bond donors (Lipinski definition) is 2. The fourth-order valence-electron chi connectivity index (χ4n) is 3.70. The van der Waals surface area contributed by atoms with Gasteiger partial charge in [-0.05, 0) is 39.5 Å². The van der Waals surface area contributed by atoms with Gasteiger partial charge in [0.1, 0.15) is 0 Å². The second-order valence-electron chi connectivity index (χ2n) is 6.43. The Morgan fingerprint density at radius 1 is 0.615 bits per heavy atom. The van der Waals surface area contributed by atoms with Crippen molar-refractivity contribution in [3.05, 3.63) is 78.9 Å². The van der Waals surface area contributed by atoms with Crippen LogP contribution in [0.1, 0.15) is 0 Å². The van der Waals surface area contributed by atoms with Crippen LogP contribution in [0.25, 0.3) is 42.1 Å². The van der Waals surface area contributed by atoms with E-state index >= 15 is 0 Å². The first-order valence-electron chi connectivity index (χ1n) is 8.52. The zero-order chi connectivity index (χ0) is 17.7. The maximum atomic E-state index is 9.66. The highest BCUT2D eigenvalue weighted by molar-refractivity contribution is 7.25. The van der Waals surface area contributed by atoms with Gasteiger partial charge < -0.3 is 10.0 Å². The molecule has 124 valence electrons. The molecule has 5 aromatic rings. The van der Waals surface area contributed by atoms with Gasteiger partial charge in [-0.25, -0.2) is 0 Å². The van der Waals surface area contributed by atoms with E-state index in [2.05, 4.69) is 48.5 Å². The molecule has 4 heteroatoms. The van der Waals surface area contributed by atoms with Crippen LogP contribution in [-0.4, -0.2) is 17.2 Å². The smallest absolute Gasteiger partial charge is 0.423 e. The molecule has 0 bridgehead atoms. The second kappa shape index (κ2) is 5.96. The van der Waals surface area contributed by atoms with E-state index in [0.29, 0.717) is 5.46 Å². The van der Waals surface area contributed by atoms with E-state index in [-0.39, 0.29) is 0 Å². The van der Waals surface area contributed by atoms with Crippen LogP contribution in [0.3, 0.4) is 0 Å². The summed E-state index contributed by atoms with van der Waals surface area (Å²) in [6, 6.07) is 26.7. The molecule has 0 spiro atoms. The molecule has 0 aliphatic heterocycles. The van der Waals surface area contributed by atoms with Crippen LogP contribution in [0.5, 0.6) is 0 Å². The highest BCUT2D eigenvalue weighted by atomic mass is 32.1. The van der Waals surface area contributed by atoms with Gasteiger partial charge in [-0.2, -0.15) is 0 Å². The Morgan fingerprint density at radius 2 is 1.35 bits per heavy atom. The number of benzene rings is 4. The van der Waals surface area contributed by atoms with Gasteiger partial charge in [-0.1, -0.05) is 66.7 Å². The fourth-order valence-corrected chi connectivity index (χ4v) is 4.85. The predicted octanol–water partition coefficient (Wildman–Crippen LogP) is 4.55. The lowest BCUT2D eigenvalue weighted by Gasteiger charge is -2.10. The fraction of sp³-hybridized carbons (Fsp3) is 0. The molecule has 0 unspecified atom stereocenters. The van der Waals surface area contributed by atoms with E-state index in [1.165, 1.54) is 20.2 Å². The minimum atomic E-state index is -1.47. The van der Waals surface area contributed by atoms with Crippen LogP contribution < -0.4 is 5.46 Å². The third-order valence-electron chi connectivity index (χ3n) is 4.92. The van der Waals surface area contributed by atoms with E-state index in [4.69, 9.17) is 0 Å². The van der Waals surface area contributed by atoms with E-state index in [9.17, 15) is 10.0 Å². The normalized spacial score (nSPS) is 11.5. The minimum Gasteiger partial charge on any atom is -0.423 e. The van der Waals surface area contributed by atoms with Crippen molar-refractivity contribution in [2.75, 3.05) is 0 Å². The molecule has 0 amide bonds. The van der Waals surface area contributed by atoms with Gasteiger partial charge in [-0.3, -0.25) is 0 Å². The Morgan fingerprint density at radius 3 is 2.23 bits per heavy atom. The van der Waals surface area contributed by atoms with Crippen molar-refractivity contribution >= 4 is 54.9 Å². The Hall–Kier alpha value is -2.66. The average molecular weight is 354 g/mol. The van der Waals surface area contributed by atoms with Crippen molar-refractivity contribution in [3.63, 3.8) is 0 Å². The van der Waals surface area contributed by atoms with E-state index < -0.39 is 7.12 Å². The summed E-state index contributed by atoms with van der Waals surface area (Å²) in [6.07, 6.45) is 0. The number of thiophene rings is 1. The third kappa shape index (κ3) is 2.35. The SMILES string of the molecule is OB(O)c1cccc2c(-c3ccc4c(c3)sc3ccccc34)cccc12. The third-order valence-corrected chi connectivity index (χ3v) is 6.06. The first kappa shape index (κ1) is 15.6. The molecule has 2 nitrogen and oxygen atoms in total. The Labute approximate surface area is 155 Å². The molecule has 26 heavy (non-hydrogen) atoms. The van der Waals surface area contributed by atoms with Gasteiger partial charge >= 0.3 is 7.12 Å². The monoisotopic (exact) mass is 354 g/mol. The standard InChI is InChI=1S/C22H15BO2S/c24-23(25)20-9-4-7-16-15(6-3-8-17(16)20)14-11-12-19-18-5-1-2-10-21(18)26-22(19)13-14/h1-13,24-25H. The number of fused-ring (bicyclic) bond motifs is 4. The van der Waals surface area contributed by atoms with Crippen molar-refractivity contribution in [2.45, 2.75) is 0 Å². The lowest BCUT2D eigenvalue weighted by Crippen LogP contribution is -2.30. The highest BCUT2D eigenvalue weighted by Gasteiger charge is 2.16. The molecule has 1 aromatic heterocycles. The predicted molar refractivity (Wildman–Crippen MR) is 112 cm³/mol. The molecule has 5 rings (SSSR count). The summed E-state index contributed by atoms with van der Waals surface area (Å²) in [7, 11) is -1.47. The second-order valence-corrected chi connectivity index (χ2v) is 7.51. The van der Waals surface area contributed by atoms with Crippen LogP contribution in [-0.2, 0) is 0 Å². The van der Waals surface area contributed by atoms with Gasteiger partial charge in [0.25, 0.3) is 0 Å². The summed E-state index contributed by atoms with van der Waals surface area (Å²) in [6.45, 7) is 0. The average Bonchev–Trinajstić information content (AvgIpc) is 3.04. The van der Waals surface area contributed by atoms with E-state index in [1.807, 2.05) is 24.3 Å². The Balaban J connectivity index is 1.77. The van der Waals surface area contributed by atoms with Crippen LogP contribution in [0, 0.1) is 0 Å². The zero-order valence-corrected chi connectivity index (χ0v) is 14.7. The summed E-state index contributed by atoms with van der Waals surface area (Å²) >= 11 is 1.80. The molecule has 0 atom stereocenters. The van der Waals surface area contributed by atoms with Gasteiger partial charge in [0, 0.05) is 20.2 Å². The van der Waals surface area contributed by atoms with Crippen molar-refractivity contribution in [2.24, 2.45) is 0 Å². The lowest BCUT2D eigenvalue weighted by atomic mass is 9.76. The summed E-state index contributed by atoms with van der Waals surface area (Å²) in [4.78, 5) is 0. The molecule has 2 N–H and O–H groups in total. The van der Waals surface area contributed by atoms with Crippen molar-refractivity contribution in [1.82, 2.24) is 0 Å². The molecule has 0 aliphatic rings. The lowest BCUT2D eigenvalue weighted by molar-refractivity contribution is 0.426. The van der Waals surface area contributed by atoms with E-state index in [1.54, 1.807) is 17.4 Å². The molecular weight excluding hydrogens is 339 g/mol. The number of rotatable bonds is 2. The molecule has 1 heterocycles. The largest absolute Gasteiger partial charge is 0.489 e. The first-order valence-corrected chi connectivity index (χ1v) is 9.33. The molecule has 0 aliphatic carbocycles. The molecule has 0 saturated carbocycles. The van der Waals surface area contributed by atoms with Gasteiger partial charge in [0.05, 0.1) is 0 Å². The molecule has 0 radical (unpaired) electrons.